The maximum atomic E-state index is 5.92. The highest BCUT2D eigenvalue weighted by molar-refractivity contribution is 7.15. The van der Waals surface area contributed by atoms with Gasteiger partial charge in [0.1, 0.15) is 0 Å². The van der Waals surface area contributed by atoms with Gasteiger partial charge in [0, 0.05) is 36.6 Å². The first kappa shape index (κ1) is 15.3. The second-order valence-corrected chi connectivity index (χ2v) is 7.87. The molecule has 2 saturated heterocycles. The summed E-state index contributed by atoms with van der Waals surface area (Å²) in [5.41, 5.74) is 7.12. The molecule has 118 valence electrons. The second-order valence-electron chi connectivity index (χ2n) is 6.81. The first-order valence-electron chi connectivity index (χ1n) is 8.30. The van der Waals surface area contributed by atoms with E-state index in [9.17, 15) is 0 Å². The van der Waals surface area contributed by atoms with Crippen LogP contribution in [0.25, 0.3) is 0 Å². The van der Waals surface area contributed by atoms with E-state index in [0.717, 1.165) is 12.6 Å². The predicted octanol–water partition coefficient (Wildman–Crippen LogP) is 2.79. The monoisotopic (exact) mass is 308 g/mol. The molecule has 0 spiro atoms. The highest BCUT2D eigenvalue weighted by atomic mass is 32.1. The molecule has 4 nitrogen and oxygen atoms in total. The molecule has 0 saturated carbocycles. The van der Waals surface area contributed by atoms with Crippen molar-refractivity contribution in [1.29, 1.82) is 0 Å². The van der Waals surface area contributed by atoms with E-state index in [-0.39, 0.29) is 0 Å². The van der Waals surface area contributed by atoms with Gasteiger partial charge in [-0.3, -0.25) is 4.90 Å². The molecule has 2 N–H and O–H groups in total. The Kier molecular flexibility index (Phi) is 4.52. The van der Waals surface area contributed by atoms with Gasteiger partial charge in [0.2, 0.25) is 0 Å². The summed E-state index contributed by atoms with van der Waals surface area (Å²) in [5.74, 6) is 0.458. The fourth-order valence-electron chi connectivity index (χ4n) is 3.69. The Labute approximate surface area is 132 Å². The van der Waals surface area contributed by atoms with Gasteiger partial charge in [-0.05, 0) is 32.2 Å². The van der Waals surface area contributed by atoms with Gasteiger partial charge in [0.15, 0.2) is 5.13 Å². The standard InChI is InChI=1S/C16H28N4S/c1-11(2)15-14(8-17)21-16(18-15)20-10-13-6-4-5-7-19(13)9-12(20)3/h11-13H,4-10,17H2,1-3H3. The fourth-order valence-corrected chi connectivity index (χ4v) is 4.89. The molecule has 0 aliphatic carbocycles. The number of piperidine rings is 1. The van der Waals surface area contributed by atoms with E-state index < -0.39 is 0 Å². The summed E-state index contributed by atoms with van der Waals surface area (Å²) in [7, 11) is 0. The molecule has 0 bridgehead atoms. The molecular formula is C16H28N4S. The summed E-state index contributed by atoms with van der Waals surface area (Å²) in [4.78, 5) is 11.4. The van der Waals surface area contributed by atoms with Crippen LogP contribution < -0.4 is 10.6 Å². The zero-order valence-corrected chi connectivity index (χ0v) is 14.3. The number of rotatable bonds is 3. The van der Waals surface area contributed by atoms with E-state index in [1.165, 1.54) is 48.1 Å². The van der Waals surface area contributed by atoms with Crippen LogP contribution in [0.4, 0.5) is 5.13 Å². The first-order valence-corrected chi connectivity index (χ1v) is 9.12. The minimum atomic E-state index is 0.458. The van der Waals surface area contributed by atoms with Crippen molar-refractivity contribution in [3.8, 4) is 0 Å². The van der Waals surface area contributed by atoms with Crippen molar-refractivity contribution in [2.75, 3.05) is 24.5 Å². The lowest BCUT2D eigenvalue weighted by Crippen LogP contribution is -2.58. The predicted molar refractivity (Wildman–Crippen MR) is 90.1 cm³/mol. The lowest BCUT2D eigenvalue weighted by atomic mass is 9.97. The molecule has 0 radical (unpaired) electrons. The van der Waals surface area contributed by atoms with Crippen LogP contribution in [-0.2, 0) is 6.54 Å². The zero-order valence-electron chi connectivity index (χ0n) is 13.5. The number of anilines is 1. The summed E-state index contributed by atoms with van der Waals surface area (Å²) in [6.07, 6.45) is 4.09. The largest absolute Gasteiger partial charge is 0.343 e. The van der Waals surface area contributed by atoms with Crippen LogP contribution in [0.3, 0.4) is 0 Å². The topological polar surface area (TPSA) is 45.4 Å². The Balaban J connectivity index is 1.82. The van der Waals surface area contributed by atoms with Crippen molar-refractivity contribution in [2.24, 2.45) is 5.73 Å². The molecule has 2 fully saturated rings. The van der Waals surface area contributed by atoms with Gasteiger partial charge < -0.3 is 10.6 Å². The molecule has 3 rings (SSSR count). The summed E-state index contributed by atoms with van der Waals surface area (Å²) in [6, 6.07) is 1.28. The van der Waals surface area contributed by atoms with E-state index in [0.29, 0.717) is 18.5 Å². The smallest absolute Gasteiger partial charge is 0.186 e. The Bertz CT molecular complexity index is 485. The van der Waals surface area contributed by atoms with Crippen LogP contribution in [-0.4, -0.2) is 41.6 Å². The Morgan fingerprint density at radius 3 is 2.81 bits per heavy atom. The minimum Gasteiger partial charge on any atom is -0.343 e. The lowest BCUT2D eigenvalue weighted by molar-refractivity contribution is 0.115. The van der Waals surface area contributed by atoms with E-state index in [4.69, 9.17) is 10.7 Å². The third-order valence-electron chi connectivity index (χ3n) is 4.88. The molecule has 0 amide bonds. The maximum absolute atomic E-state index is 5.92. The number of fused-ring (bicyclic) bond motifs is 1. The Morgan fingerprint density at radius 2 is 2.14 bits per heavy atom. The van der Waals surface area contributed by atoms with E-state index in [2.05, 4.69) is 30.6 Å². The number of hydrogen-bond acceptors (Lipinski definition) is 5. The van der Waals surface area contributed by atoms with Crippen LogP contribution in [0.5, 0.6) is 0 Å². The van der Waals surface area contributed by atoms with E-state index >= 15 is 0 Å². The number of nitrogens with two attached hydrogens (primary N) is 1. The lowest BCUT2D eigenvalue weighted by Gasteiger charge is -2.47. The number of thiazole rings is 1. The summed E-state index contributed by atoms with van der Waals surface area (Å²) in [6.45, 7) is 11.0. The molecule has 2 aliphatic rings. The zero-order chi connectivity index (χ0) is 15.0. The fraction of sp³-hybridized carbons (Fsp3) is 0.812. The van der Waals surface area contributed by atoms with Crippen molar-refractivity contribution in [1.82, 2.24) is 9.88 Å². The first-order chi connectivity index (χ1) is 10.1. The normalized spacial score (nSPS) is 27.2. The molecule has 2 atom stereocenters. The second kappa shape index (κ2) is 6.23. The maximum Gasteiger partial charge on any atom is 0.186 e. The van der Waals surface area contributed by atoms with E-state index in [1.807, 2.05) is 11.3 Å². The van der Waals surface area contributed by atoms with Gasteiger partial charge in [-0.2, -0.15) is 0 Å². The molecule has 21 heavy (non-hydrogen) atoms. The van der Waals surface area contributed by atoms with Crippen LogP contribution in [0, 0.1) is 0 Å². The Morgan fingerprint density at radius 1 is 1.33 bits per heavy atom. The molecular weight excluding hydrogens is 280 g/mol. The molecule has 3 heterocycles. The summed E-state index contributed by atoms with van der Waals surface area (Å²) >= 11 is 1.81. The third-order valence-corrected chi connectivity index (χ3v) is 6.01. The minimum absolute atomic E-state index is 0.458. The number of piperazine rings is 1. The van der Waals surface area contributed by atoms with Crippen molar-refractivity contribution >= 4 is 16.5 Å². The number of aromatic nitrogens is 1. The average molecular weight is 308 g/mol. The van der Waals surface area contributed by atoms with Crippen LogP contribution in [0.15, 0.2) is 0 Å². The number of hydrogen-bond donors (Lipinski definition) is 1. The van der Waals surface area contributed by atoms with Crippen molar-refractivity contribution in [3.05, 3.63) is 10.6 Å². The molecule has 2 aliphatic heterocycles. The van der Waals surface area contributed by atoms with Crippen LogP contribution in [0.1, 0.15) is 56.5 Å². The summed E-state index contributed by atoms with van der Waals surface area (Å²) < 4.78 is 0. The summed E-state index contributed by atoms with van der Waals surface area (Å²) in [5, 5.41) is 1.19. The van der Waals surface area contributed by atoms with Crippen molar-refractivity contribution < 1.29 is 0 Å². The van der Waals surface area contributed by atoms with Crippen molar-refractivity contribution in [2.45, 2.75) is 64.6 Å². The van der Waals surface area contributed by atoms with Crippen molar-refractivity contribution in [3.63, 3.8) is 0 Å². The van der Waals surface area contributed by atoms with Gasteiger partial charge in [-0.15, -0.1) is 11.3 Å². The molecule has 1 aromatic rings. The molecule has 0 aromatic carbocycles. The van der Waals surface area contributed by atoms with Gasteiger partial charge >= 0.3 is 0 Å². The molecule has 5 heteroatoms. The average Bonchev–Trinajstić information content (AvgIpc) is 2.90. The quantitative estimate of drug-likeness (QED) is 0.932. The molecule has 1 aromatic heterocycles. The highest BCUT2D eigenvalue weighted by Gasteiger charge is 2.34. The highest BCUT2D eigenvalue weighted by Crippen LogP contribution is 2.34. The van der Waals surface area contributed by atoms with E-state index in [1.54, 1.807) is 0 Å². The molecule has 2 unspecified atom stereocenters. The van der Waals surface area contributed by atoms with Crippen LogP contribution >= 0.6 is 11.3 Å². The number of nitrogens with zero attached hydrogens (tertiary/aromatic N) is 3. The van der Waals surface area contributed by atoms with Crippen LogP contribution in [0.2, 0.25) is 0 Å². The van der Waals surface area contributed by atoms with Gasteiger partial charge in [0.05, 0.1) is 5.69 Å². The third kappa shape index (κ3) is 2.96. The van der Waals surface area contributed by atoms with Gasteiger partial charge in [-0.25, -0.2) is 4.98 Å². The SMILES string of the molecule is CC(C)c1nc(N2CC3CCCCN3CC2C)sc1CN. The van der Waals surface area contributed by atoms with Gasteiger partial charge in [0.25, 0.3) is 0 Å². The Hall–Kier alpha value is -0.650. The van der Waals surface area contributed by atoms with Gasteiger partial charge in [-0.1, -0.05) is 20.3 Å².